The van der Waals surface area contributed by atoms with Crippen LogP contribution in [0.3, 0.4) is 0 Å². The number of carbonyl (C=O) groups is 1. The molecule has 0 aromatic rings. The lowest BCUT2D eigenvalue weighted by Crippen LogP contribution is -2.37. The molecule has 0 saturated carbocycles. The van der Waals surface area contributed by atoms with Gasteiger partial charge in [0.05, 0.1) is 34.4 Å². The minimum absolute atomic E-state index is 0.0888. The molecule has 0 rings (SSSR count). The summed E-state index contributed by atoms with van der Waals surface area (Å²) in [5.41, 5.74) is 0. The lowest BCUT2D eigenvalue weighted by molar-refractivity contribution is -0.870. The molecule has 8 nitrogen and oxygen atoms in total. The van der Waals surface area contributed by atoms with Crippen molar-refractivity contribution < 1.29 is 37.3 Å². The zero-order valence-corrected chi connectivity index (χ0v) is 43.9. The molecule has 0 fully saturated rings. The van der Waals surface area contributed by atoms with Gasteiger partial charge in [-0.1, -0.05) is 230 Å². The topological polar surface area (TPSA) is 91.3 Å². The second kappa shape index (κ2) is 48.2. The summed E-state index contributed by atoms with van der Waals surface area (Å²) in [4.78, 5) is 23.0. The molecular weight excluding hydrogens is 818 g/mol. The van der Waals surface area contributed by atoms with Crippen LogP contribution >= 0.6 is 7.82 Å². The van der Waals surface area contributed by atoms with Crippen molar-refractivity contribution in [3.05, 3.63) is 36.5 Å². The summed E-state index contributed by atoms with van der Waals surface area (Å²) < 4.78 is 35.2. The van der Waals surface area contributed by atoms with Gasteiger partial charge in [0.2, 0.25) is 0 Å². The van der Waals surface area contributed by atoms with Gasteiger partial charge in [0.1, 0.15) is 19.3 Å². The van der Waals surface area contributed by atoms with Crippen molar-refractivity contribution >= 4 is 13.8 Å². The molecule has 0 aliphatic rings. The number of hydrogen-bond donors (Lipinski definition) is 1. The quantitative estimate of drug-likeness (QED) is 0.0214. The number of allylic oxidation sites excluding steroid dienone is 6. The van der Waals surface area contributed by atoms with Crippen molar-refractivity contribution in [1.82, 2.24) is 0 Å². The van der Waals surface area contributed by atoms with E-state index in [1.165, 1.54) is 186 Å². The van der Waals surface area contributed by atoms with Gasteiger partial charge in [-0.15, -0.1) is 0 Å². The van der Waals surface area contributed by atoms with Crippen molar-refractivity contribution in [1.29, 1.82) is 0 Å². The Morgan fingerprint density at radius 1 is 0.484 bits per heavy atom. The molecule has 0 aliphatic heterocycles. The van der Waals surface area contributed by atoms with Crippen molar-refractivity contribution in [2.75, 3.05) is 54.1 Å². The molecule has 2 atom stereocenters. The molecule has 0 radical (unpaired) electrons. The first-order valence-corrected chi connectivity index (χ1v) is 28.7. The van der Waals surface area contributed by atoms with Crippen molar-refractivity contribution in [3.8, 4) is 0 Å². The Kier molecular flexibility index (Phi) is 47.2. The minimum Gasteiger partial charge on any atom is -0.457 e. The van der Waals surface area contributed by atoms with E-state index >= 15 is 0 Å². The van der Waals surface area contributed by atoms with Gasteiger partial charge in [0.15, 0.2) is 0 Å². The van der Waals surface area contributed by atoms with Gasteiger partial charge in [0, 0.05) is 13.0 Å². The lowest BCUT2D eigenvalue weighted by atomic mass is 10.0. The van der Waals surface area contributed by atoms with E-state index in [1.54, 1.807) is 0 Å². The maximum atomic E-state index is 12.8. The average molecular weight is 925 g/mol. The second-order valence-corrected chi connectivity index (χ2v) is 21.1. The van der Waals surface area contributed by atoms with Crippen LogP contribution in [0.2, 0.25) is 0 Å². The Bertz CT molecular complexity index is 1120. The number of quaternary nitrogens is 1. The summed E-state index contributed by atoms with van der Waals surface area (Å²) in [6, 6.07) is 0. The number of esters is 1. The minimum atomic E-state index is -4.28. The molecule has 2 unspecified atom stereocenters. The third-order valence-corrected chi connectivity index (χ3v) is 12.9. The van der Waals surface area contributed by atoms with Crippen LogP contribution in [0.1, 0.15) is 251 Å². The van der Waals surface area contributed by atoms with Crippen LogP contribution in [-0.2, 0) is 27.9 Å². The van der Waals surface area contributed by atoms with E-state index in [2.05, 4.69) is 50.3 Å². The van der Waals surface area contributed by atoms with E-state index in [-0.39, 0.29) is 25.8 Å². The number of nitrogens with zero attached hydrogens (tertiary/aromatic N) is 1. The molecule has 0 bridgehead atoms. The number of hydrogen-bond acceptors (Lipinski definition) is 6. The summed E-state index contributed by atoms with van der Waals surface area (Å²) in [7, 11) is 1.67. The maximum Gasteiger partial charge on any atom is 0.472 e. The molecule has 9 heteroatoms. The van der Waals surface area contributed by atoms with E-state index in [0.717, 1.165) is 44.9 Å². The van der Waals surface area contributed by atoms with Crippen molar-refractivity contribution in [2.45, 2.75) is 258 Å². The summed E-state index contributed by atoms with van der Waals surface area (Å²) in [5, 5.41) is 0. The Morgan fingerprint density at radius 3 is 1.28 bits per heavy atom. The number of phosphoric acid groups is 1. The highest BCUT2D eigenvalue weighted by Crippen LogP contribution is 2.43. The molecule has 0 aromatic heterocycles. The highest BCUT2D eigenvalue weighted by molar-refractivity contribution is 7.47. The van der Waals surface area contributed by atoms with Gasteiger partial charge >= 0.3 is 13.8 Å². The molecule has 0 saturated heterocycles. The number of unbranched alkanes of at least 4 members (excludes halogenated alkanes) is 31. The fourth-order valence-electron chi connectivity index (χ4n) is 7.74. The smallest absolute Gasteiger partial charge is 0.457 e. The van der Waals surface area contributed by atoms with E-state index in [9.17, 15) is 14.3 Å². The Hall–Kier alpha value is -1.28. The summed E-state index contributed by atoms with van der Waals surface area (Å²) >= 11 is 0. The zero-order valence-electron chi connectivity index (χ0n) is 43.0. The molecule has 0 heterocycles. The molecule has 378 valence electrons. The monoisotopic (exact) mass is 925 g/mol. The van der Waals surface area contributed by atoms with E-state index < -0.39 is 13.9 Å². The van der Waals surface area contributed by atoms with Crippen molar-refractivity contribution in [3.63, 3.8) is 0 Å². The molecule has 0 spiro atoms. The SMILES string of the molecule is CCCCCCC/C=C\C/C=C\C/C=C\CCCCCCCCCCCOCC(COP(=O)(O)OCC[N+](C)(C)C)OC(=O)CCCCCCCCCCCCCCCCCCCC. The van der Waals surface area contributed by atoms with Crippen LogP contribution in [0.5, 0.6) is 0 Å². The molecule has 0 aromatic carbocycles. The Labute approximate surface area is 397 Å². The summed E-state index contributed by atoms with van der Waals surface area (Å²) in [5.74, 6) is -0.311. The van der Waals surface area contributed by atoms with E-state index in [0.29, 0.717) is 24.1 Å². The first-order valence-electron chi connectivity index (χ1n) is 27.2. The van der Waals surface area contributed by atoms with Gasteiger partial charge in [-0.25, -0.2) is 4.57 Å². The number of likely N-dealkylation sites (N-methyl/N-ethyl adjacent to an activating group) is 1. The molecular formula is C55H107NO7P+. The largest absolute Gasteiger partial charge is 0.472 e. The number of phosphoric ester groups is 1. The van der Waals surface area contributed by atoms with Gasteiger partial charge < -0.3 is 18.9 Å². The van der Waals surface area contributed by atoms with E-state index in [4.69, 9.17) is 18.5 Å². The average Bonchev–Trinajstić information content (AvgIpc) is 3.25. The van der Waals surface area contributed by atoms with Crippen LogP contribution in [0.25, 0.3) is 0 Å². The zero-order chi connectivity index (χ0) is 46.9. The van der Waals surface area contributed by atoms with Crippen LogP contribution in [-0.4, -0.2) is 75.6 Å². The molecule has 0 amide bonds. The van der Waals surface area contributed by atoms with Gasteiger partial charge in [-0.3, -0.25) is 13.8 Å². The van der Waals surface area contributed by atoms with Gasteiger partial charge in [0.25, 0.3) is 0 Å². The summed E-state index contributed by atoms with van der Waals surface area (Å²) in [6.45, 7) is 5.65. The fraction of sp³-hybridized carbons (Fsp3) is 0.873. The highest BCUT2D eigenvalue weighted by Gasteiger charge is 2.26. The summed E-state index contributed by atoms with van der Waals surface area (Å²) in [6.07, 6.45) is 59.1. The van der Waals surface area contributed by atoms with Crippen LogP contribution in [0.15, 0.2) is 36.5 Å². The normalized spacial score (nSPS) is 13.8. The van der Waals surface area contributed by atoms with Crippen LogP contribution in [0.4, 0.5) is 0 Å². The first kappa shape index (κ1) is 62.7. The first-order chi connectivity index (χ1) is 31.1. The van der Waals surface area contributed by atoms with E-state index in [1.807, 2.05) is 21.1 Å². The number of carbonyl (C=O) groups excluding carboxylic acids is 1. The number of ether oxygens (including phenoxy) is 2. The van der Waals surface area contributed by atoms with Crippen LogP contribution < -0.4 is 0 Å². The lowest BCUT2D eigenvalue weighted by Gasteiger charge is -2.24. The fourth-order valence-corrected chi connectivity index (χ4v) is 8.48. The molecule has 1 N–H and O–H groups in total. The van der Waals surface area contributed by atoms with Crippen LogP contribution in [0, 0.1) is 0 Å². The standard InChI is InChI=1S/C55H106NO7P/c1-6-8-10-12-14-16-18-20-22-24-26-27-28-29-30-31-33-35-37-39-41-43-45-47-50-60-52-54(53-62-64(58,59)61-51-49-56(3,4)5)63-55(57)48-46-44-42-40-38-36-34-32-25-23-21-19-17-15-13-11-9-7-2/h18,20,24,26,28-29,54H,6-17,19,21-23,25,27,30-53H2,1-5H3/p+1/b20-18-,26-24-,29-28-. The second-order valence-electron chi connectivity index (χ2n) is 19.6. The maximum absolute atomic E-state index is 12.8. The highest BCUT2D eigenvalue weighted by atomic mass is 31.2. The predicted octanol–water partition coefficient (Wildman–Crippen LogP) is 16.9. The van der Waals surface area contributed by atoms with Gasteiger partial charge in [-0.2, -0.15) is 0 Å². The predicted molar refractivity (Wildman–Crippen MR) is 275 cm³/mol. The number of rotatable bonds is 51. The third kappa shape index (κ3) is 51.7. The van der Waals surface area contributed by atoms with Gasteiger partial charge in [-0.05, 0) is 51.4 Å². The molecule has 64 heavy (non-hydrogen) atoms. The Balaban J connectivity index is 4.10. The van der Waals surface area contributed by atoms with Crippen molar-refractivity contribution in [2.24, 2.45) is 0 Å². The Morgan fingerprint density at radius 2 is 0.859 bits per heavy atom. The third-order valence-electron chi connectivity index (χ3n) is 12.0. The molecule has 0 aliphatic carbocycles.